The second kappa shape index (κ2) is 6.88. The molecule has 1 saturated heterocycles. The summed E-state index contributed by atoms with van der Waals surface area (Å²) in [7, 11) is 1.46. The summed E-state index contributed by atoms with van der Waals surface area (Å²) in [6.07, 6.45) is 5.97. The van der Waals surface area contributed by atoms with Crippen molar-refractivity contribution < 1.29 is 9.53 Å². The summed E-state index contributed by atoms with van der Waals surface area (Å²) in [4.78, 5) is 13.9. The fraction of sp³-hybridized carbons (Fsp3) is 0.733. The van der Waals surface area contributed by atoms with E-state index in [9.17, 15) is 4.79 Å². The summed E-state index contributed by atoms with van der Waals surface area (Å²) in [5, 5.41) is 4.60. The number of ether oxygens (including phenoxy) is 1. The van der Waals surface area contributed by atoms with Gasteiger partial charge in [0.1, 0.15) is 0 Å². The van der Waals surface area contributed by atoms with E-state index in [0.29, 0.717) is 18.5 Å². The summed E-state index contributed by atoms with van der Waals surface area (Å²) in [5.74, 6) is -0.116. The number of aromatic nitrogens is 2. The number of carbonyl (C=O) groups is 1. The fourth-order valence-corrected chi connectivity index (χ4v) is 2.73. The van der Waals surface area contributed by atoms with Crippen LogP contribution in [0.1, 0.15) is 51.3 Å². The van der Waals surface area contributed by atoms with Crippen LogP contribution in [0.5, 0.6) is 0 Å². The van der Waals surface area contributed by atoms with Gasteiger partial charge in [0.25, 0.3) is 0 Å². The van der Waals surface area contributed by atoms with Gasteiger partial charge in [-0.25, -0.2) is 0 Å². The van der Waals surface area contributed by atoms with Crippen LogP contribution in [0.15, 0.2) is 12.3 Å². The number of methoxy groups -OCH3 is 1. The summed E-state index contributed by atoms with van der Waals surface area (Å²) in [6.45, 7) is 6.10. The van der Waals surface area contributed by atoms with E-state index in [1.807, 2.05) is 10.9 Å². The Balaban J connectivity index is 1.98. The van der Waals surface area contributed by atoms with E-state index in [4.69, 9.17) is 4.74 Å². The lowest BCUT2D eigenvalue weighted by Crippen LogP contribution is -2.40. The number of hydrogen-bond acceptors (Lipinski definition) is 4. The van der Waals surface area contributed by atoms with Gasteiger partial charge in [0, 0.05) is 24.8 Å². The minimum Gasteiger partial charge on any atom is -0.469 e. The Kier molecular flexibility index (Phi) is 5.17. The molecule has 1 unspecified atom stereocenters. The van der Waals surface area contributed by atoms with Crippen LogP contribution in [0, 0.1) is 0 Å². The van der Waals surface area contributed by atoms with Gasteiger partial charge >= 0.3 is 5.97 Å². The molecule has 112 valence electrons. The molecule has 0 spiro atoms. The van der Waals surface area contributed by atoms with E-state index in [1.54, 1.807) is 0 Å². The molecule has 1 aliphatic rings. The van der Waals surface area contributed by atoms with Crippen molar-refractivity contribution in [2.75, 3.05) is 13.7 Å². The summed E-state index contributed by atoms with van der Waals surface area (Å²) in [5.41, 5.74) is 1.08. The van der Waals surface area contributed by atoms with Crippen molar-refractivity contribution in [2.24, 2.45) is 0 Å². The van der Waals surface area contributed by atoms with E-state index in [0.717, 1.165) is 25.2 Å². The lowest BCUT2D eigenvalue weighted by atomic mass is 9.99. The Morgan fingerprint density at radius 1 is 1.50 bits per heavy atom. The van der Waals surface area contributed by atoms with Crippen molar-refractivity contribution in [3.05, 3.63) is 18.0 Å². The Hall–Kier alpha value is -1.36. The molecule has 0 amide bonds. The quantitative estimate of drug-likeness (QED) is 0.776. The summed E-state index contributed by atoms with van der Waals surface area (Å²) in [6, 6.07) is 2.75. The van der Waals surface area contributed by atoms with E-state index in [-0.39, 0.29) is 5.97 Å². The van der Waals surface area contributed by atoms with Crippen LogP contribution in [0.4, 0.5) is 0 Å². The van der Waals surface area contributed by atoms with Crippen molar-refractivity contribution in [3.8, 4) is 0 Å². The molecule has 0 N–H and O–H groups in total. The van der Waals surface area contributed by atoms with Gasteiger partial charge in [0.15, 0.2) is 0 Å². The fourth-order valence-electron chi connectivity index (χ4n) is 2.73. The van der Waals surface area contributed by atoms with Crippen LogP contribution >= 0.6 is 0 Å². The monoisotopic (exact) mass is 279 g/mol. The number of likely N-dealkylation sites (tertiary alicyclic amines) is 1. The molecule has 2 rings (SSSR count). The molecule has 1 aromatic rings. The molecule has 1 aliphatic heterocycles. The zero-order chi connectivity index (χ0) is 14.5. The molecule has 0 radical (unpaired) electrons. The number of esters is 1. The number of hydrogen-bond donors (Lipinski definition) is 0. The van der Waals surface area contributed by atoms with Gasteiger partial charge in [-0.3, -0.25) is 14.4 Å². The van der Waals surface area contributed by atoms with Gasteiger partial charge in [-0.2, -0.15) is 5.10 Å². The van der Waals surface area contributed by atoms with Crippen molar-refractivity contribution in [1.29, 1.82) is 0 Å². The van der Waals surface area contributed by atoms with Crippen molar-refractivity contribution in [1.82, 2.24) is 14.7 Å². The first-order valence-corrected chi connectivity index (χ1v) is 7.45. The van der Waals surface area contributed by atoms with E-state index in [2.05, 4.69) is 29.9 Å². The van der Waals surface area contributed by atoms with Crippen molar-refractivity contribution in [2.45, 2.75) is 58.2 Å². The Morgan fingerprint density at radius 2 is 2.30 bits per heavy atom. The second-order valence-corrected chi connectivity index (χ2v) is 5.78. The smallest absolute Gasteiger partial charge is 0.307 e. The molecule has 0 bridgehead atoms. The lowest BCUT2D eigenvalue weighted by Gasteiger charge is -2.34. The predicted molar refractivity (Wildman–Crippen MR) is 77.3 cm³/mol. The lowest BCUT2D eigenvalue weighted by molar-refractivity contribution is -0.142. The first-order valence-electron chi connectivity index (χ1n) is 7.45. The third kappa shape index (κ3) is 3.82. The van der Waals surface area contributed by atoms with E-state index < -0.39 is 0 Å². The Morgan fingerprint density at radius 3 is 2.95 bits per heavy atom. The van der Waals surface area contributed by atoms with E-state index in [1.165, 1.54) is 20.0 Å². The SMILES string of the molecule is COC(=O)CC1CCCCN1Cc1ccn(C(C)C)n1. The maximum atomic E-state index is 11.5. The number of nitrogens with zero attached hydrogens (tertiary/aromatic N) is 3. The second-order valence-electron chi connectivity index (χ2n) is 5.78. The zero-order valence-corrected chi connectivity index (χ0v) is 12.7. The molecule has 5 nitrogen and oxygen atoms in total. The molecular formula is C15H25N3O2. The number of rotatable bonds is 5. The maximum Gasteiger partial charge on any atom is 0.307 e. The Labute approximate surface area is 120 Å². The molecule has 0 aliphatic carbocycles. The average molecular weight is 279 g/mol. The molecule has 0 saturated carbocycles. The maximum absolute atomic E-state index is 11.5. The average Bonchev–Trinajstić information content (AvgIpc) is 2.89. The van der Waals surface area contributed by atoms with Crippen LogP contribution in [0.25, 0.3) is 0 Å². The van der Waals surface area contributed by atoms with Gasteiger partial charge in [-0.05, 0) is 39.3 Å². The minimum atomic E-state index is -0.116. The molecule has 0 aromatic carbocycles. The molecular weight excluding hydrogens is 254 g/mol. The topological polar surface area (TPSA) is 47.4 Å². The predicted octanol–water partition coefficient (Wildman–Crippen LogP) is 2.38. The van der Waals surface area contributed by atoms with Gasteiger partial charge in [0.2, 0.25) is 0 Å². The van der Waals surface area contributed by atoms with E-state index >= 15 is 0 Å². The zero-order valence-electron chi connectivity index (χ0n) is 12.7. The Bertz CT molecular complexity index is 442. The van der Waals surface area contributed by atoms with Crippen LogP contribution in [-0.4, -0.2) is 40.3 Å². The van der Waals surface area contributed by atoms with Crippen LogP contribution < -0.4 is 0 Å². The highest BCUT2D eigenvalue weighted by Crippen LogP contribution is 2.22. The minimum absolute atomic E-state index is 0.116. The highest BCUT2D eigenvalue weighted by Gasteiger charge is 2.25. The van der Waals surface area contributed by atoms with Gasteiger partial charge in [-0.1, -0.05) is 6.42 Å². The molecule has 20 heavy (non-hydrogen) atoms. The third-order valence-electron chi connectivity index (χ3n) is 3.94. The van der Waals surface area contributed by atoms with Crippen molar-refractivity contribution in [3.63, 3.8) is 0 Å². The molecule has 1 atom stereocenters. The summed E-state index contributed by atoms with van der Waals surface area (Å²) < 4.78 is 6.78. The normalized spacial score (nSPS) is 20.3. The number of piperidine rings is 1. The van der Waals surface area contributed by atoms with Crippen molar-refractivity contribution >= 4 is 5.97 Å². The van der Waals surface area contributed by atoms with Crippen LogP contribution in [-0.2, 0) is 16.1 Å². The van der Waals surface area contributed by atoms with Crippen LogP contribution in [0.3, 0.4) is 0 Å². The van der Waals surface area contributed by atoms with Crippen LogP contribution in [0.2, 0.25) is 0 Å². The highest BCUT2D eigenvalue weighted by atomic mass is 16.5. The summed E-state index contributed by atoms with van der Waals surface area (Å²) >= 11 is 0. The van der Waals surface area contributed by atoms with Gasteiger partial charge in [-0.15, -0.1) is 0 Å². The highest BCUT2D eigenvalue weighted by molar-refractivity contribution is 5.69. The largest absolute Gasteiger partial charge is 0.469 e. The van der Waals surface area contributed by atoms with Gasteiger partial charge < -0.3 is 4.74 Å². The first-order chi connectivity index (χ1) is 9.60. The molecule has 1 fully saturated rings. The number of carbonyl (C=O) groups excluding carboxylic acids is 1. The molecule has 1 aromatic heterocycles. The molecule has 5 heteroatoms. The molecule has 2 heterocycles. The first kappa shape index (κ1) is 15.0. The third-order valence-corrected chi connectivity index (χ3v) is 3.94. The van der Waals surface area contributed by atoms with Gasteiger partial charge in [0.05, 0.1) is 19.2 Å². The standard InChI is InChI=1S/C15H25N3O2/c1-12(2)18-9-7-13(16-18)11-17-8-5-4-6-14(17)10-15(19)20-3/h7,9,12,14H,4-6,8,10-11H2,1-3H3.